The van der Waals surface area contributed by atoms with E-state index in [-0.39, 0.29) is 12.0 Å². The van der Waals surface area contributed by atoms with Gasteiger partial charge in [0.05, 0.1) is 17.5 Å². The number of rotatable bonds is 7. The van der Waals surface area contributed by atoms with E-state index in [9.17, 15) is 13.9 Å². The molecule has 2 fully saturated rings. The molecule has 3 N–H and O–H groups in total. The van der Waals surface area contributed by atoms with Crippen LogP contribution in [0.3, 0.4) is 0 Å². The lowest BCUT2D eigenvalue weighted by molar-refractivity contribution is 0.0305. The molecule has 0 aliphatic carbocycles. The lowest BCUT2D eigenvalue weighted by Gasteiger charge is -2.44. The van der Waals surface area contributed by atoms with Gasteiger partial charge in [-0.2, -0.15) is 15.1 Å². The zero-order valence-electron chi connectivity index (χ0n) is 22.0. The van der Waals surface area contributed by atoms with Crippen molar-refractivity contribution in [2.75, 3.05) is 54.8 Å². The van der Waals surface area contributed by atoms with Gasteiger partial charge in [-0.05, 0) is 32.4 Å². The number of aliphatic hydroxyl groups is 1. The largest absolute Gasteiger partial charge is 0.386 e. The minimum absolute atomic E-state index is 0.160. The lowest BCUT2D eigenvalue weighted by Crippen LogP contribution is -2.60. The number of hydrogen-bond acceptors (Lipinski definition) is 8. The molecule has 0 spiro atoms. The molecule has 2 aliphatic rings. The number of hydrogen-bond donors (Lipinski definition) is 2. The Morgan fingerprint density at radius 3 is 2.45 bits per heavy atom. The van der Waals surface area contributed by atoms with E-state index in [1.807, 2.05) is 22.1 Å². The average molecular weight is 525 g/mol. The minimum atomic E-state index is -0.723. The third kappa shape index (κ3) is 5.48. The molecule has 11 heteroatoms. The maximum absolute atomic E-state index is 13.7. The fourth-order valence-electron chi connectivity index (χ4n) is 5.26. The van der Waals surface area contributed by atoms with E-state index in [4.69, 9.17) is 5.73 Å². The van der Waals surface area contributed by atoms with Crippen molar-refractivity contribution in [3.63, 3.8) is 0 Å². The Hall–Kier alpha value is -3.57. The topological polar surface area (TPSA) is 99.6 Å². The predicted octanol–water partition coefficient (Wildman–Crippen LogP) is 2.88. The number of nitrogens with zero attached hydrogens (tertiary/aromatic N) is 7. The Labute approximate surface area is 221 Å². The van der Waals surface area contributed by atoms with Crippen LogP contribution in [0.4, 0.5) is 26.2 Å². The zero-order chi connectivity index (χ0) is 27.0. The van der Waals surface area contributed by atoms with E-state index >= 15 is 0 Å². The van der Waals surface area contributed by atoms with Gasteiger partial charge in [-0.15, -0.1) is 0 Å². The molecule has 38 heavy (non-hydrogen) atoms. The molecule has 2 aromatic heterocycles. The van der Waals surface area contributed by atoms with Gasteiger partial charge in [0.25, 0.3) is 0 Å². The van der Waals surface area contributed by atoms with Gasteiger partial charge in [-0.1, -0.05) is 19.1 Å². The Morgan fingerprint density at radius 1 is 1.08 bits per heavy atom. The van der Waals surface area contributed by atoms with E-state index in [0.717, 1.165) is 36.8 Å². The molecular weight excluding hydrogens is 490 g/mol. The number of aromatic nitrogens is 4. The lowest BCUT2D eigenvalue weighted by atomic mass is 9.97. The Morgan fingerprint density at radius 2 is 1.79 bits per heavy atom. The SMILES string of the molecule is CCc1c(/C=C/CN2CCN(c3cc(F)cc(F)c3)C[C@H]2C)cnn1-c1cc(N2CC(C)(O)C2)nc(N)n1. The van der Waals surface area contributed by atoms with E-state index in [0.29, 0.717) is 43.5 Å². The van der Waals surface area contributed by atoms with Crippen LogP contribution < -0.4 is 15.5 Å². The number of nitrogen functional groups attached to an aromatic ring is 1. The number of piperazine rings is 1. The standard InChI is InChI=1S/C27H34F2N8O/c1-4-23-19(14-31-37(23)25-13-24(32-26(30)33-25)36-16-27(3,38)17-36)6-5-7-34-8-9-35(15-18(34)2)22-11-20(28)10-21(29)12-22/h5-6,10-14,18,38H,4,7-9,15-17H2,1-3H3,(H2,30,32,33)/b6-5+/t18-/m1/s1. The summed E-state index contributed by atoms with van der Waals surface area (Å²) in [4.78, 5) is 15.1. The molecule has 202 valence electrons. The second kappa shape index (κ2) is 10.3. The molecule has 2 aliphatic heterocycles. The summed E-state index contributed by atoms with van der Waals surface area (Å²) in [6.07, 6.45) is 6.76. The summed E-state index contributed by atoms with van der Waals surface area (Å²) in [5.74, 6) is 0.310. The fraction of sp³-hybridized carbons (Fsp3) is 0.444. The summed E-state index contributed by atoms with van der Waals surface area (Å²) in [5, 5.41) is 14.7. The van der Waals surface area contributed by atoms with Crippen molar-refractivity contribution in [3.05, 3.63) is 59.4 Å². The highest BCUT2D eigenvalue weighted by atomic mass is 19.1. The van der Waals surface area contributed by atoms with Crippen molar-refractivity contribution in [2.24, 2.45) is 0 Å². The van der Waals surface area contributed by atoms with Crippen LogP contribution in [0.2, 0.25) is 0 Å². The Kier molecular flexibility index (Phi) is 7.06. The molecule has 0 saturated carbocycles. The van der Waals surface area contributed by atoms with Crippen LogP contribution in [-0.4, -0.2) is 80.7 Å². The quantitative estimate of drug-likeness (QED) is 0.487. The molecule has 4 heterocycles. The average Bonchev–Trinajstić information content (AvgIpc) is 3.25. The summed E-state index contributed by atoms with van der Waals surface area (Å²) >= 11 is 0. The van der Waals surface area contributed by atoms with Gasteiger partial charge < -0.3 is 20.6 Å². The maximum Gasteiger partial charge on any atom is 0.224 e. The number of β-amino-alcohol motifs (C(OH)–C–C–N with tert-alkyl or cyclic N) is 1. The summed E-state index contributed by atoms with van der Waals surface area (Å²) in [5.41, 5.74) is 7.87. The second-order valence-corrected chi connectivity index (χ2v) is 10.4. The number of halogens is 2. The Bertz CT molecular complexity index is 1310. The van der Waals surface area contributed by atoms with Crippen molar-refractivity contribution >= 4 is 23.5 Å². The highest BCUT2D eigenvalue weighted by molar-refractivity contribution is 5.55. The van der Waals surface area contributed by atoms with Crippen LogP contribution in [0.25, 0.3) is 11.9 Å². The second-order valence-electron chi connectivity index (χ2n) is 10.4. The third-order valence-corrected chi connectivity index (χ3v) is 7.17. The normalized spacial score (nSPS) is 19.8. The third-order valence-electron chi connectivity index (χ3n) is 7.17. The molecule has 0 unspecified atom stereocenters. The summed E-state index contributed by atoms with van der Waals surface area (Å²) in [6.45, 7) is 9.89. The highest BCUT2D eigenvalue weighted by Crippen LogP contribution is 2.28. The van der Waals surface area contributed by atoms with Gasteiger partial charge in [0.2, 0.25) is 5.95 Å². The zero-order valence-corrected chi connectivity index (χ0v) is 22.0. The van der Waals surface area contributed by atoms with Crippen molar-refractivity contribution in [1.82, 2.24) is 24.6 Å². The minimum Gasteiger partial charge on any atom is -0.386 e. The van der Waals surface area contributed by atoms with Gasteiger partial charge >= 0.3 is 0 Å². The van der Waals surface area contributed by atoms with E-state index in [1.54, 1.807) is 11.6 Å². The summed E-state index contributed by atoms with van der Waals surface area (Å²) < 4.78 is 29.1. The van der Waals surface area contributed by atoms with Crippen LogP contribution in [0.1, 0.15) is 32.0 Å². The summed E-state index contributed by atoms with van der Waals surface area (Å²) in [6, 6.07) is 5.74. The van der Waals surface area contributed by atoms with Crippen LogP contribution in [0.5, 0.6) is 0 Å². The van der Waals surface area contributed by atoms with Crippen molar-refractivity contribution in [1.29, 1.82) is 0 Å². The first-order valence-corrected chi connectivity index (χ1v) is 12.9. The van der Waals surface area contributed by atoms with Crippen LogP contribution >= 0.6 is 0 Å². The van der Waals surface area contributed by atoms with Crippen molar-refractivity contribution in [3.8, 4) is 5.82 Å². The first-order chi connectivity index (χ1) is 18.1. The highest BCUT2D eigenvalue weighted by Gasteiger charge is 2.37. The summed E-state index contributed by atoms with van der Waals surface area (Å²) in [7, 11) is 0. The number of anilines is 3. The molecule has 3 aromatic rings. The number of nitrogens with two attached hydrogens (primary N) is 1. The first-order valence-electron chi connectivity index (χ1n) is 12.9. The fourth-order valence-corrected chi connectivity index (χ4v) is 5.26. The molecule has 1 aromatic carbocycles. The predicted molar refractivity (Wildman–Crippen MR) is 144 cm³/mol. The van der Waals surface area contributed by atoms with Crippen LogP contribution in [0, 0.1) is 11.6 Å². The van der Waals surface area contributed by atoms with Crippen molar-refractivity contribution < 1.29 is 13.9 Å². The monoisotopic (exact) mass is 524 g/mol. The maximum atomic E-state index is 13.7. The van der Waals surface area contributed by atoms with E-state index < -0.39 is 17.2 Å². The smallest absolute Gasteiger partial charge is 0.224 e. The van der Waals surface area contributed by atoms with E-state index in [1.165, 1.54) is 12.1 Å². The number of benzene rings is 1. The van der Waals surface area contributed by atoms with Crippen molar-refractivity contribution in [2.45, 2.75) is 38.8 Å². The molecule has 2 saturated heterocycles. The van der Waals surface area contributed by atoms with E-state index in [2.05, 4.69) is 46.0 Å². The molecule has 0 amide bonds. The molecule has 5 rings (SSSR count). The van der Waals surface area contributed by atoms with Gasteiger partial charge in [-0.25, -0.2) is 13.5 Å². The molecular formula is C27H34F2N8O. The molecule has 1 atom stereocenters. The van der Waals surface area contributed by atoms with Gasteiger partial charge in [0.1, 0.15) is 17.5 Å². The van der Waals surface area contributed by atoms with Crippen LogP contribution in [0.15, 0.2) is 36.5 Å². The van der Waals surface area contributed by atoms with Gasteiger partial charge in [0.15, 0.2) is 5.82 Å². The molecule has 0 bridgehead atoms. The molecule has 9 nitrogen and oxygen atoms in total. The van der Waals surface area contributed by atoms with Gasteiger partial charge in [0, 0.05) is 68.7 Å². The Balaban J connectivity index is 1.25. The van der Waals surface area contributed by atoms with Crippen LogP contribution in [-0.2, 0) is 6.42 Å². The van der Waals surface area contributed by atoms with Gasteiger partial charge in [-0.3, -0.25) is 4.90 Å². The first kappa shape index (κ1) is 26.1. The molecule has 0 radical (unpaired) electrons.